The summed E-state index contributed by atoms with van der Waals surface area (Å²) < 4.78 is 1.17. The Morgan fingerprint density at radius 3 is 2.76 bits per heavy atom. The van der Waals surface area contributed by atoms with Crippen LogP contribution in [0, 0.1) is 3.57 Å². The lowest BCUT2D eigenvalue weighted by molar-refractivity contribution is -0.131. The van der Waals surface area contributed by atoms with E-state index in [-0.39, 0.29) is 18.6 Å². The van der Waals surface area contributed by atoms with Crippen LogP contribution in [0.2, 0.25) is 0 Å². The zero-order chi connectivity index (χ0) is 12.3. The van der Waals surface area contributed by atoms with Gasteiger partial charge in [-0.3, -0.25) is 4.79 Å². The molecule has 1 heterocycles. The van der Waals surface area contributed by atoms with Gasteiger partial charge >= 0.3 is 0 Å². The summed E-state index contributed by atoms with van der Waals surface area (Å²) in [5, 5.41) is 9.19. The maximum atomic E-state index is 12.1. The molecule has 1 aliphatic heterocycles. The fraction of sp³-hybridized carbons (Fsp3) is 0.462. The predicted octanol–water partition coefficient (Wildman–Crippen LogP) is 1.82. The highest BCUT2D eigenvalue weighted by Crippen LogP contribution is 2.18. The molecule has 0 saturated carbocycles. The highest BCUT2D eigenvalue weighted by atomic mass is 127. The first-order valence-corrected chi connectivity index (χ1v) is 6.93. The zero-order valence-electron chi connectivity index (χ0n) is 9.60. The van der Waals surface area contributed by atoms with E-state index in [1.807, 2.05) is 29.2 Å². The lowest BCUT2D eigenvalue weighted by Gasteiger charge is -2.23. The molecular weight excluding hydrogens is 329 g/mol. The molecule has 2 rings (SSSR count). The van der Waals surface area contributed by atoms with Crippen LogP contribution in [0.4, 0.5) is 0 Å². The van der Waals surface area contributed by atoms with E-state index in [0.29, 0.717) is 6.42 Å². The van der Waals surface area contributed by atoms with Crippen molar-refractivity contribution in [2.24, 2.45) is 0 Å². The number of amides is 1. The second-order valence-electron chi connectivity index (χ2n) is 4.37. The van der Waals surface area contributed by atoms with Gasteiger partial charge < -0.3 is 10.0 Å². The van der Waals surface area contributed by atoms with Crippen LogP contribution in [0.25, 0.3) is 0 Å². The van der Waals surface area contributed by atoms with Crippen LogP contribution in [-0.4, -0.2) is 35.1 Å². The molecule has 0 spiro atoms. The van der Waals surface area contributed by atoms with E-state index in [1.54, 1.807) is 0 Å². The molecule has 1 saturated heterocycles. The molecule has 1 N–H and O–H groups in total. The second-order valence-corrected chi connectivity index (χ2v) is 5.61. The van der Waals surface area contributed by atoms with Crippen molar-refractivity contribution in [1.82, 2.24) is 4.90 Å². The maximum Gasteiger partial charge on any atom is 0.227 e. The van der Waals surface area contributed by atoms with Crippen LogP contribution in [0.15, 0.2) is 24.3 Å². The molecule has 0 aromatic heterocycles. The number of halogens is 1. The molecule has 0 bridgehead atoms. The SMILES string of the molecule is O=C(Cc1ccc(I)cc1)N1CCCC1CO. The molecule has 1 aromatic rings. The Balaban J connectivity index is 1.99. The van der Waals surface area contributed by atoms with E-state index in [0.717, 1.165) is 24.9 Å². The van der Waals surface area contributed by atoms with Crippen molar-refractivity contribution in [1.29, 1.82) is 0 Å². The monoisotopic (exact) mass is 345 g/mol. The molecule has 92 valence electrons. The highest BCUT2D eigenvalue weighted by molar-refractivity contribution is 14.1. The lowest BCUT2D eigenvalue weighted by Crippen LogP contribution is -2.38. The quantitative estimate of drug-likeness (QED) is 0.849. The largest absolute Gasteiger partial charge is 0.394 e. The summed E-state index contributed by atoms with van der Waals surface area (Å²) in [6, 6.07) is 8.03. The zero-order valence-corrected chi connectivity index (χ0v) is 11.8. The average Bonchev–Trinajstić information content (AvgIpc) is 2.80. The van der Waals surface area contributed by atoms with Crippen LogP contribution >= 0.6 is 22.6 Å². The van der Waals surface area contributed by atoms with E-state index in [1.165, 1.54) is 3.57 Å². The van der Waals surface area contributed by atoms with Gasteiger partial charge in [0.05, 0.1) is 19.1 Å². The van der Waals surface area contributed by atoms with Gasteiger partial charge in [-0.2, -0.15) is 0 Å². The molecule has 1 amide bonds. The van der Waals surface area contributed by atoms with Crippen LogP contribution < -0.4 is 0 Å². The maximum absolute atomic E-state index is 12.1. The van der Waals surface area contributed by atoms with E-state index in [9.17, 15) is 9.90 Å². The summed E-state index contributed by atoms with van der Waals surface area (Å²) >= 11 is 2.25. The van der Waals surface area contributed by atoms with Gasteiger partial charge in [0, 0.05) is 10.1 Å². The van der Waals surface area contributed by atoms with Gasteiger partial charge in [-0.15, -0.1) is 0 Å². The van der Waals surface area contributed by atoms with Gasteiger partial charge in [-0.1, -0.05) is 12.1 Å². The number of hydrogen-bond donors (Lipinski definition) is 1. The Kier molecular flexibility index (Phi) is 4.39. The Hall–Kier alpha value is -0.620. The van der Waals surface area contributed by atoms with Crippen molar-refractivity contribution in [3.63, 3.8) is 0 Å². The number of nitrogens with zero attached hydrogens (tertiary/aromatic N) is 1. The third kappa shape index (κ3) is 3.19. The molecule has 0 radical (unpaired) electrons. The van der Waals surface area contributed by atoms with E-state index in [2.05, 4.69) is 22.6 Å². The third-order valence-corrected chi connectivity index (χ3v) is 3.90. The Morgan fingerprint density at radius 1 is 1.41 bits per heavy atom. The minimum atomic E-state index is 0.0337. The predicted molar refractivity (Wildman–Crippen MR) is 74.7 cm³/mol. The van der Waals surface area contributed by atoms with Gasteiger partial charge in [0.25, 0.3) is 0 Å². The summed E-state index contributed by atoms with van der Waals surface area (Å²) in [5.74, 6) is 0.128. The molecule has 0 aliphatic carbocycles. The summed E-state index contributed by atoms with van der Waals surface area (Å²) in [6.45, 7) is 0.868. The molecular formula is C13H16INO2. The first-order chi connectivity index (χ1) is 8.20. The second kappa shape index (κ2) is 5.82. The summed E-state index contributed by atoms with van der Waals surface area (Å²) in [5.41, 5.74) is 1.04. The normalized spacial score (nSPS) is 19.6. The number of benzene rings is 1. The van der Waals surface area contributed by atoms with Crippen molar-refractivity contribution in [3.05, 3.63) is 33.4 Å². The van der Waals surface area contributed by atoms with Gasteiger partial charge in [-0.25, -0.2) is 0 Å². The fourth-order valence-electron chi connectivity index (χ4n) is 2.23. The van der Waals surface area contributed by atoms with Crippen LogP contribution in [0.1, 0.15) is 18.4 Å². The topological polar surface area (TPSA) is 40.5 Å². The average molecular weight is 345 g/mol. The molecule has 1 aromatic carbocycles. The van der Waals surface area contributed by atoms with Gasteiger partial charge in [0.1, 0.15) is 0 Å². The molecule has 1 unspecified atom stereocenters. The van der Waals surface area contributed by atoms with Crippen molar-refractivity contribution >= 4 is 28.5 Å². The van der Waals surface area contributed by atoms with E-state index in [4.69, 9.17) is 0 Å². The summed E-state index contributed by atoms with van der Waals surface area (Å²) in [7, 11) is 0. The number of aliphatic hydroxyl groups excluding tert-OH is 1. The molecule has 1 aliphatic rings. The Bertz CT molecular complexity index is 391. The van der Waals surface area contributed by atoms with E-state index < -0.39 is 0 Å². The number of hydrogen-bond acceptors (Lipinski definition) is 2. The number of carbonyl (C=O) groups is 1. The standard InChI is InChI=1S/C13H16INO2/c14-11-5-3-10(4-6-11)8-13(17)15-7-1-2-12(15)9-16/h3-6,12,16H,1-2,7-9H2. The smallest absolute Gasteiger partial charge is 0.227 e. The first kappa shape index (κ1) is 12.8. The highest BCUT2D eigenvalue weighted by Gasteiger charge is 2.27. The first-order valence-electron chi connectivity index (χ1n) is 5.85. The Morgan fingerprint density at radius 2 is 2.12 bits per heavy atom. The van der Waals surface area contributed by atoms with Crippen molar-refractivity contribution < 1.29 is 9.90 Å². The fourth-order valence-corrected chi connectivity index (χ4v) is 2.59. The molecule has 1 fully saturated rings. The number of likely N-dealkylation sites (tertiary alicyclic amines) is 1. The lowest BCUT2D eigenvalue weighted by atomic mass is 10.1. The summed E-state index contributed by atoms with van der Waals surface area (Å²) in [6.07, 6.45) is 2.37. The van der Waals surface area contributed by atoms with Crippen LogP contribution in [0.3, 0.4) is 0 Å². The number of aliphatic hydroxyl groups is 1. The van der Waals surface area contributed by atoms with Crippen LogP contribution in [0.5, 0.6) is 0 Å². The van der Waals surface area contributed by atoms with Crippen molar-refractivity contribution in [2.45, 2.75) is 25.3 Å². The van der Waals surface area contributed by atoms with Crippen molar-refractivity contribution in [2.75, 3.05) is 13.2 Å². The van der Waals surface area contributed by atoms with E-state index >= 15 is 0 Å². The Labute approximate surface area is 115 Å². The minimum absolute atomic E-state index is 0.0337. The number of rotatable bonds is 3. The minimum Gasteiger partial charge on any atom is -0.394 e. The van der Waals surface area contributed by atoms with Gasteiger partial charge in [0.15, 0.2) is 0 Å². The van der Waals surface area contributed by atoms with Crippen LogP contribution in [-0.2, 0) is 11.2 Å². The number of carbonyl (C=O) groups excluding carboxylic acids is 1. The molecule has 17 heavy (non-hydrogen) atoms. The third-order valence-electron chi connectivity index (χ3n) is 3.18. The van der Waals surface area contributed by atoms with Gasteiger partial charge in [-0.05, 0) is 53.1 Å². The van der Waals surface area contributed by atoms with Crippen molar-refractivity contribution in [3.8, 4) is 0 Å². The summed E-state index contributed by atoms with van der Waals surface area (Å²) in [4.78, 5) is 13.9. The van der Waals surface area contributed by atoms with Gasteiger partial charge in [0.2, 0.25) is 5.91 Å². The molecule has 3 nitrogen and oxygen atoms in total. The molecule has 1 atom stereocenters. The molecule has 4 heteroatoms.